The highest BCUT2D eigenvalue weighted by molar-refractivity contribution is 7.13. The molecule has 1 rings (SSSR count). The van der Waals surface area contributed by atoms with Crippen molar-refractivity contribution in [2.24, 2.45) is 5.92 Å². The van der Waals surface area contributed by atoms with Crippen molar-refractivity contribution in [1.29, 1.82) is 0 Å². The molecule has 18 heavy (non-hydrogen) atoms. The first kappa shape index (κ1) is 14.7. The Hall–Kier alpha value is -1.36. The quantitative estimate of drug-likeness (QED) is 0.489. The van der Waals surface area contributed by atoms with Crippen molar-refractivity contribution in [3.63, 3.8) is 0 Å². The minimum atomic E-state index is -0.317. The summed E-state index contributed by atoms with van der Waals surface area (Å²) in [7, 11) is 0. The molecular formula is C13H20N2O2S. The smallest absolute Gasteiger partial charge is 0.340 e. The van der Waals surface area contributed by atoms with Gasteiger partial charge in [0.2, 0.25) is 0 Å². The molecule has 5 heteroatoms. The molecule has 0 saturated carbocycles. The van der Waals surface area contributed by atoms with E-state index >= 15 is 0 Å². The molecule has 0 atom stereocenters. The lowest BCUT2D eigenvalue weighted by atomic mass is 10.1. The highest BCUT2D eigenvalue weighted by Crippen LogP contribution is 2.22. The lowest BCUT2D eigenvalue weighted by Gasteiger charge is -2.07. The number of nitrogens with two attached hydrogens (primary N) is 1. The van der Waals surface area contributed by atoms with E-state index in [9.17, 15) is 4.79 Å². The minimum absolute atomic E-state index is 0.252. The zero-order chi connectivity index (χ0) is 13.5. The van der Waals surface area contributed by atoms with Crippen LogP contribution in [0.1, 0.15) is 39.3 Å². The molecule has 0 aromatic carbocycles. The molecule has 100 valence electrons. The number of allylic oxidation sites excluding steroid dienone is 1. The van der Waals surface area contributed by atoms with Gasteiger partial charge in [0.1, 0.15) is 0 Å². The minimum Gasteiger partial charge on any atom is -0.462 e. The van der Waals surface area contributed by atoms with Crippen molar-refractivity contribution in [3.05, 3.63) is 17.2 Å². The van der Waals surface area contributed by atoms with Gasteiger partial charge in [-0.05, 0) is 12.3 Å². The maximum absolute atomic E-state index is 12.0. The standard InChI is InChI=1S/C13H20N2O2S/c1-4-5-6-17-12(16)10(7-9(2)3)11-8-18-13(14)15-11/h7-9H,4-6H2,1-3H3,(H2,14,15). The van der Waals surface area contributed by atoms with Gasteiger partial charge < -0.3 is 10.5 Å². The van der Waals surface area contributed by atoms with Gasteiger partial charge in [-0.2, -0.15) is 0 Å². The molecule has 0 aliphatic heterocycles. The first-order valence-electron chi connectivity index (χ1n) is 6.15. The Morgan fingerprint density at radius 1 is 1.61 bits per heavy atom. The molecule has 0 aliphatic rings. The highest BCUT2D eigenvalue weighted by atomic mass is 32.1. The highest BCUT2D eigenvalue weighted by Gasteiger charge is 2.16. The number of aromatic nitrogens is 1. The van der Waals surface area contributed by atoms with Crippen LogP contribution >= 0.6 is 11.3 Å². The number of ether oxygens (including phenoxy) is 1. The first-order valence-corrected chi connectivity index (χ1v) is 7.02. The Morgan fingerprint density at radius 3 is 2.83 bits per heavy atom. The van der Waals surface area contributed by atoms with Crippen molar-refractivity contribution >= 4 is 28.0 Å². The average molecular weight is 268 g/mol. The van der Waals surface area contributed by atoms with E-state index in [-0.39, 0.29) is 11.9 Å². The number of nitrogen functional groups attached to an aromatic ring is 1. The second kappa shape index (κ2) is 7.16. The summed E-state index contributed by atoms with van der Waals surface area (Å²) in [4.78, 5) is 16.1. The Balaban J connectivity index is 2.83. The Bertz CT molecular complexity index is 424. The summed E-state index contributed by atoms with van der Waals surface area (Å²) in [5.41, 5.74) is 6.71. The second-order valence-corrected chi connectivity index (χ2v) is 5.27. The van der Waals surface area contributed by atoms with Crippen LogP contribution < -0.4 is 5.73 Å². The van der Waals surface area contributed by atoms with Crippen LogP contribution in [0.3, 0.4) is 0 Å². The van der Waals surface area contributed by atoms with E-state index < -0.39 is 0 Å². The van der Waals surface area contributed by atoms with E-state index in [1.165, 1.54) is 11.3 Å². The van der Waals surface area contributed by atoms with Crippen LogP contribution in [0.2, 0.25) is 0 Å². The van der Waals surface area contributed by atoms with E-state index in [1.54, 1.807) is 5.38 Å². The van der Waals surface area contributed by atoms with Gasteiger partial charge in [0.05, 0.1) is 17.9 Å². The summed E-state index contributed by atoms with van der Waals surface area (Å²) >= 11 is 1.32. The fraction of sp³-hybridized carbons (Fsp3) is 0.538. The van der Waals surface area contributed by atoms with E-state index in [0.29, 0.717) is 23.0 Å². The molecule has 1 aromatic rings. The molecule has 0 amide bonds. The van der Waals surface area contributed by atoms with Gasteiger partial charge >= 0.3 is 5.97 Å². The van der Waals surface area contributed by atoms with Gasteiger partial charge in [0, 0.05) is 5.38 Å². The fourth-order valence-electron chi connectivity index (χ4n) is 1.39. The normalized spacial score (nSPS) is 11.9. The number of hydrogen-bond donors (Lipinski definition) is 1. The van der Waals surface area contributed by atoms with Crippen molar-refractivity contribution in [2.75, 3.05) is 12.3 Å². The number of unbranched alkanes of at least 4 members (excludes halogenated alkanes) is 1. The van der Waals surface area contributed by atoms with Gasteiger partial charge in [-0.15, -0.1) is 11.3 Å². The van der Waals surface area contributed by atoms with Gasteiger partial charge in [0.25, 0.3) is 0 Å². The predicted molar refractivity (Wildman–Crippen MR) is 75.2 cm³/mol. The summed E-state index contributed by atoms with van der Waals surface area (Å²) in [6, 6.07) is 0. The monoisotopic (exact) mass is 268 g/mol. The molecule has 0 spiro atoms. The Kier molecular flexibility index (Phi) is 5.85. The lowest BCUT2D eigenvalue weighted by Crippen LogP contribution is -2.09. The number of carbonyl (C=O) groups excluding carboxylic acids is 1. The van der Waals surface area contributed by atoms with Crippen molar-refractivity contribution in [1.82, 2.24) is 4.98 Å². The zero-order valence-corrected chi connectivity index (χ0v) is 11.9. The molecule has 0 fully saturated rings. The largest absolute Gasteiger partial charge is 0.462 e. The maximum Gasteiger partial charge on any atom is 0.340 e. The van der Waals surface area contributed by atoms with Crippen LogP contribution in [0.15, 0.2) is 11.5 Å². The number of esters is 1. The van der Waals surface area contributed by atoms with Crippen LogP contribution in [0.25, 0.3) is 5.57 Å². The number of rotatable bonds is 6. The SMILES string of the molecule is CCCCOC(=O)C(=CC(C)C)c1csc(N)n1. The van der Waals surface area contributed by atoms with E-state index in [2.05, 4.69) is 11.9 Å². The van der Waals surface area contributed by atoms with E-state index in [4.69, 9.17) is 10.5 Å². The third kappa shape index (κ3) is 4.49. The van der Waals surface area contributed by atoms with E-state index in [0.717, 1.165) is 12.8 Å². The van der Waals surface area contributed by atoms with Crippen molar-refractivity contribution < 1.29 is 9.53 Å². The third-order valence-electron chi connectivity index (χ3n) is 2.25. The third-order valence-corrected chi connectivity index (χ3v) is 2.92. The number of carbonyl (C=O) groups is 1. The van der Waals surface area contributed by atoms with Crippen LogP contribution in [0.5, 0.6) is 0 Å². The molecule has 1 heterocycles. The Morgan fingerprint density at radius 2 is 2.33 bits per heavy atom. The fourth-order valence-corrected chi connectivity index (χ4v) is 1.95. The van der Waals surface area contributed by atoms with Crippen molar-refractivity contribution in [2.45, 2.75) is 33.6 Å². The van der Waals surface area contributed by atoms with Crippen LogP contribution in [-0.4, -0.2) is 17.6 Å². The van der Waals surface area contributed by atoms with Gasteiger partial charge in [-0.1, -0.05) is 33.3 Å². The van der Waals surface area contributed by atoms with Crippen LogP contribution in [0, 0.1) is 5.92 Å². The molecule has 0 aliphatic carbocycles. The van der Waals surface area contributed by atoms with Gasteiger partial charge in [-0.25, -0.2) is 9.78 Å². The zero-order valence-electron chi connectivity index (χ0n) is 11.1. The molecule has 4 nitrogen and oxygen atoms in total. The van der Waals surface area contributed by atoms with Crippen molar-refractivity contribution in [3.8, 4) is 0 Å². The summed E-state index contributed by atoms with van der Waals surface area (Å²) in [5, 5.41) is 2.24. The van der Waals surface area contributed by atoms with Gasteiger partial charge in [0.15, 0.2) is 5.13 Å². The summed E-state index contributed by atoms with van der Waals surface area (Å²) < 4.78 is 5.23. The second-order valence-electron chi connectivity index (χ2n) is 4.38. The topological polar surface area (TPSA) is 65.2 Å². The first-order chi connectivity index (χ1) is 8.54. The number of hydrogen-bond acceptors (Lipinski definition) is 5. The molecular weight excluding hydrogens is 248 g/mol. The van der Waals surface area contributed by atoms with Gasteiger partial charge in [-0.3, -0.25) is 0 Å². The maximum atomic E-state index is 12.0. The Labute approximate surface area is 112 Å². The number of anilines is 1. The summed E-state index contributed by atoms with van der Waals surface area (Å²) in [6.07, 6.45) is 3.74. The molecule has 0 unspecified atom stereocenters. The van der Waals surface area contributed by atoms with Crippen LogP contribution in [0.4, 0.5) is 5.13 Å². The number of nitrogens with zero attached hydrogens (tertiary/aromatic N) is 1. The summed E-state index contributed by atoms with van der Waals surface area (Å²) in [5.74, 6) is -0.0656. The van der Waals surface area contributed by atoms with Crippen LogP contribution in [-0.2, 0) is 9.53 Å². The lowest BCUT2D eigenvalue weighted by molar-refractivity contribution is -0.136. The molecule has 1 aromatic heterocycles. The number of thiazole rings is 1. The molecule has 0 bridgehead atoms. The van der Waals surface area contributed by atoms with E-state index in [1.807, 2.05) is 19.9 Å². The molecule has 2 N–H and O–H groups in total. The molecule has 0 radical (unpaired) electrons. The average Bonchev–Trinajstić information content (AvgIpc) is 2.72. The molecule has 0 saturated heterocycles. The predicted octanol–water partition coefficient (Wildman–Crippen LogP) is 3.11. The summed E-state index contributed by atoms with van der Waals surface area (Å²) in [6.45, 7) is 6.52.